The molecule has 0 atom stereocenters. The van der Waals surface area contributed by atoms with E-state index in [9.17, 15) is 0 Å². The number of halogens is 1. The normalized spacial score (nSPS) is 11.4. The minimum Gasteiger partial charge on any atom is -0.489 e. The predicted molar refractivity (Wildman–Crippen MR) is 75.2 cm³/mol. The summed E-state index contributed by atoms with van der Waals surface area (Å²) in [4.78, 5) is 0. The van der Waals surface area contributed by atoms with Crippen LogP contribution in [0.25, 0.3) is 0 Å². The van der Waals surface area contributed by atoms with Crippen LogP contribution in [-0.4, -0.2) is 12.5 Å². The van der Waals surface area contributed by atoms with Gasteiger partial charge in [-0.05, 0) is 29.5 Å². The summed E-state index contributed by atoms with van der Waals surface area (Å²) in [6, 6.07) is 6.27. The van der Waals surface area contributed by atoms with Crippen molar-refractivity contribution in [3.63, 3.8) is 0 Å². The second kappa shape index (κ2) is 5.59. The maximum atomic E-state index is 5.79. The molecule has 17 heavy (non-hydrogen) atoms. The predicted octanol–water partition coefficient (Wildman–Crippen LogP) is 4.47. The third kappa shape index (κ3) is 4.08. The molecule has 0 aliphatic heterocycles. The highest BCUT2D eigenvalue weighted by Gasteiger charge is 2.19. The molecule has 0 saturated carbocycles. The largest absolute Gasteiger partial charge is 0.489 e. The molecule has 0 spiro atoms. The van der Waals surface area contributed by atoms with Crippen LogP contribution in [0.4, 0.5) is 0 Å². The van der Waals surface area contributed by atoms with E-state index in [2.05, 4.69) is 46.4 Å². The van der Waals surface area contributed by atoms with Gasteiger partial charge < -0.3 is 4.74 Å². The number of ether oxygens (including phenoxy) is 1. The highest BCUT2D eigenvalue weighted by atomic mass is 35.5. The molecule has 0 unspecified atom stereocenters. The van der Waals surface area contributed by atoms with Crippen molar-refractivity contribution in [3.8, 4) is 5.75 Å². The van der Waals surface area contributed by atoms with Crippen LogP contribution in [-0.2, 0) is 5.41 Å². The molecule has 1 nitrogen and oxygen atoms in total. The molecule has 0 radical (unpaired) electrons. The molecule has 0 aliphatic rings. The molecule has 94 valence electrons. The van der Waals surface area contributed by atoms with Gasteiger partial charge in [0.1, 0.15) is 12.4 Å². The minimum atomic E-state index is 0.0731. The van der Waals surface area contributed by atoms with Crippen molar-refractivity contribution >= 4 is 11.6 Å². The van der Waals surface area contributed by atoms with Gasteiger partial charge in [0, 0.05) is 5.88 Å². The highest BCUT2D eigenvalue weighted by Crippen LogP contribution is 2.32. The maximum absolute atomic E-state index is 5.79. The molecule has 0 aromatic heterocycles. The summed E-state index contributed by atoms with van der Waals surface area (Å²) in [6.07, 6.45) is 0. The molecule has 1 aromatic carbocycles. The van der Waals surface area contributed by atoms with Gasteiger partial charge in [-0.2, -0.15) is 0 Å². The Labute approximate surface area is 109 Å². The first kappa shape index (κ1) is 14.1. The van der Waals surface area contributed by atoms with E-state index in [-0.39, 0.29) is 5.41 Å². The number of hydrogen-bond acceptors (Lipinski definition) is 1. The topological polar surface area (TPSA) is 9.23 Å². The summed E-state index contributed by atoms with van der Waals surface area (Å²) in [5.74, 6) is 1.37. The van der Waals surface area contributed by atoms with Crippen molar-refractivity contribution in [2.24, 2.45) is 0 Å². The van der Waals surface area contributed by atoms with Crippen molar-refractivity contribution in [1.29, 1.82) is 0 Å². The van der Waals surface area contributed by atoms with Crippen LogP contribution in [0.15, 0.2) is 30.4 Å². The van der Waals surface area contributed by atoms with Gasteiger partial charge in [-0.3, -0.25) is 0 Å². The van der Waals surface area contributed by atoms with Crippen LogP contribution in [0.1, 0.15) is 31.9 Å². The Morgan fingerprint density at radius 3 is 2.53 bits per heavy atom. The van der Waals surface area contributed by atoms with Gasteiger partial charge in [0.25, 0.3) is 0 Å². The molecule has 0 saturated heterocycles. The Kier molecular flexibility index (Phi) is 4.64. The molecule has 1 aromatic rings. The second-order valence-electron chi connectivity index (χ2n) is 5.42. The first-order valence-corrected chi connectivity index (χ1v) is 6.34. The van der Waals surface area contributed by atoms with E-state index in [1.54, 1.807) is 0 Å². The van der Waals surface area contributed by atoms with Gasteiger partial charge in [0.2, 0.25) is 0 Å². The Balaban J connectivity index is 2.95. The fourth-order valence-electron chi connectivity index (χ4n) is 1.57. The highest BCUT2D eigenvalue weighted by molar-refractivity contribution is 6.19. The lowest BCUT2D eigenvalue weighted by atomic mass is 9.85. The third-order valence-corrected chi connectivity index (χ3v) is 2.94. The third-order valence-electron chi connectivity index (χ3n) is 2.56. The van der Waals surface area contributed by atoms with Crippen molar-refractivity contribution in [2.45, 2.75) is 33.1 Å². The molecular weight excluding hydrogens is 232 g/mol. The van der Waals surface area contributed by atoms with Crippen LogP contribution >= 0.6 is 11.6 Å². The summed E-state index contributed by atoms with van der Waals surface area (Å²) in [5, 5.41) is 0. The van der Waals surface area contributed by atoms with E-state index < -0.39 is 0 Å². The van der Waals surface area contributed by atoms with Gasteiger partial charge >= 0.3 is 0 Å². The van der Waals surface area contributed by atoms with Gasteiger partial charge in [-0.1, -0.05) is 45.0 Å². The van der Waals surface area contributed by atoms with E-state index in [4.69, 9.17) is 16.3 Å². The van der Waals surface area contributed by atoms with E-state index in [0.717, 1.165) is 11.3 Å². The Morgan fingerprint density at radius 1 is 1.35 bits per heavy atom. The fourth-order valence-corrected chi connectivity index (χ4v) is 1.65. The zero-order valence-electron chi connectivity index (χ0n) is 11.1. The first-order valence-electron chi connectivity index (χ1n) is 5.81. The minimum absolute atomic E-state index is 0.0731. The van der Waals surface area contributed by atoms with Crippen molar-refractivity contribution < 1.29 is 4.74 Å². The Hall–Kier alpha value is -0.950. The number of rotatable bonds is 4. The van der Waals surface area contributed by atoms with E-state index in [0.29, 0.717) is 12.5 Å². The second-order valence-corrected chi connectivity index (χ2v) is 5.69. The van der Waals surface area contributed by atoms with E-state index >= 15 is 0 Å². The molecule has 0 heterocycles. The van der Waals surface area contributed by atoms with Gasteiger partial charge in [-0.15, -0.1) is 11.6 Å². The van der Waals surface area contributed by atoms with E-state index in [1.807, 2.05) is 6.07 Å². The molecular formula is C15H21ClO. The molecule has 0 N–H and O–H groups in total. The van der Waals surface area contributed by atoms with Crippen LogP contribution in [0.5, 0.6) is 5.75 Å². The molecule has 2 heteroatoms. The van der Waals surface area contributed by atoms with Crippen molar-refractivity contribution in [3.05, 3.63) is 41.5 Å². The van der Waals surface area contributed by atoms with Crippen LogP contribution in [0, 0.1) is 6.92 Å². The Morgan fingerprint density at radius 2 is 2.00 bits per heavy atom. The lowest BCUT2D eigenvalue weighted by molar-refractivity contribution is 0.341. The molecule has 1 rings (SSSR count). The standard InChI is InChI=1S/C15H21ClO/c1-11-6-7-14(17-10-12(2)9-16)13(8-11)15(3,4)5/h6-8H,2,9-10H2,1,3-5H3. The smallest absolute Gasteiger partial charge is 0.123 e. The zero-order valence-corrected chi connectivity index (χ0v) is 11.9. The Bertz CT molecular complexity index is 402. The van der Waals surface area contributed by atoms with Crippen LogP contribution in [0.2, 0.25) is 0 Å². The average molecular weight is 253 g/mol. The number of hydrogen-bond donors (Lipinski definition) is 0. The van der Waals surface area contributed by atoms with Crippen molar-refractivity contribution in [1.82, 2.24) is 0 Å². The molecule has 0 aliphatic carbocycles. The van der Waals surface area contributed by atoms with Crippen LogP contribution in [0.3, 0.4) is 0 Å². The molecule has 0 fully saturated rings. The summed E-state index contributed by atoms with van der Waals surface area (Å²) >= 11 is 5.69. The average Bonchev–Trinajstić information content (AvgIpc) is 2.25. The van der Waals surface area contributed by atoms with Crippen LogP contribution < -0.4 is 4.74 Å². The number of alkyl halides is 1. The first-order chi connectivity index (χ1) is 7.84. The van der Waals surface area contributed by atoms with Gasteiger partial charge in [0.05, 0.1) is 0 Å². The summed E-state index contributed by atoms with van der Waals surface area (Å²) in [5.41, 5.74) is 3.44. The number of aryl methyl sites for hydroxylation is 1. The zero-order chi connectivity index (χ0) is 13.1. The monoisotopic (exact) mass is 252 g/mol. The summed E-state index contributed by atoms with van der Waals surface area (Å²) in [7, 11) is 0. The van der Waals surface area contributed by atoms with Gasteiger partial charge in [-0.25, -0.2) is 0 Å². The lowest BCUT2D eigenvalue weighted by Crippen LogP contribution is -2.14. The molecule has 0 bridgehead atoms. The van der Waals surface area contributed by atoms with Gasteiger partial charge in [0.15, 0.2) is 0 Å². The number of benzene rings is 1. The van der Waals surface area contributed by atoms with Crippen molar-refractivity contribution in [2.75, 3.05) is 12.5 Å². The quantitative estimate of drug-likeness (QED) is 0.568. The summed E-state index contributed by atoms with van der Waals surface area (Å²) in [6.45, 7) is 13.0. The van der Waals surface area contributed by atoms with E-state index in [1.165, 1.54) is 11.1 Å². The lowest BCUT2D eigenvalue weighted by Gasteiger charge is -2.23. The molecule has 0 amide bonds. The summed E-state index contributed by atoms with van der Waals surface area (Å²) < 4.78 is 5.79. The fraction of sp³-hybridized carbons (Fsp3) is 0.467. The maximum Gasteiger partial charge on any atom is 0.123 e. The SMILES string of the molecule is C=C(CCl)COc1ccc(C)cc1C(C)(C)C.